The van der Waals surface area contributed by atoms with Gasteiger partial charge < -0.3 is 0 Å². The molecule has 0 amide bonds. The van der Waals surface area contributed by atoms with Crippen molar-refractivity contribution in [2.75, 3.05) is 0 Å². The van der Waals surface area contributed by atoms with Crippen LogP contribution in [0.15, 0.2) is 24.3 Å². The topological polar surface area (TPSA) is 0 Å². The highest BCUT2D eigenvalue weighted by molar-refractivity contribution is 6.34. The quantitative estimate of drug-likeness (QED) is 0.556. The molecule has 0 spiro atoms. The molecule has 1 aromatic rings. The first-order valence-electron chi connectivity index (χ1n) is 2.20. The maximum Gasteiger partial charge on any atom is 0.0420 e. The molecule has 1 rings (SSSR count). The summed E-state index contributed by atoms with van der Waals surface area (Å²) in [6.45, 7) is 0. The average Bonchev–Trinajstić information content (AvgIpc) is 1.64. The van der Waals surface area contributed by atoms with Crippen molar-refractivity contribution in [3.05, 3.63) is 34.3 Å². The van der Waals surface area contributed by atoms with Crippen LogP contribution in [0.4, 0.5) is 4.70 Å². The Balaban J connectivity index is 0.000000640. The number of rotatable bonds is 0. The Bertz CT molecular complexity index is 171. The van der Waals surface area contributed by atoms with E-state index in [-0.39, 0.29) is 4.70 Å². The fourth-order valence-corrected chi connectivity index (χ4v) is 0.896. The molecule has 0 N–H and O–H groups in total. The third kappa shape index (κ3) is 2.68. The van der Waals surface area contributed by atoms with Crippen molar-refractivity contribution in [3.8, 4) is 0 Å². The van der Waals surface area contributed by atoms with Gasteiger partial charge in [-0.05, 0) is 18.2 Å². The molecule has 1 aromatic carbocycles. The van der Waals surface area contributed by atoms with E-state index in [2.05, 4.69) is 0 Å². The SMILES string of the molecule is Clc1cccc(Cl)c1.F. The zero-order valence-electron chi connectivity index (χ0n) is 4.47. The van der Waals surface area contributed by atoms with Crippen LogP contribution in [-0.2, 0) is 0 Å². The summed E-state index contributed by atoms with van der Waals surface area (Å²) in [4.78, 5) is 0. The molecule has 9 heavy (non-hydrogen) atoms. The monoisotopic (exact) mass is 166 g/mol. The molecule has 50 valence electrons. The highest BCUT2D eigenvalue weighted by atomic mass is 35.5. The summed E-state index contributed by atoms with van der Waals surface area (Å²) in [5, 5.41) is 1.36. The van der Waals surface area contributed by atoms with Crippen molar-refractivity contribution < 1.29 is 4.70 Å². The van der Waals surface area contributed by atoms with E-state index in [1.54, 1.807) is 18.2 Å². The van der Waals surface area contributed by atoms with E-state index in [4.69, 9.17) is 23.2 Å². The lowest BCUT2D eigenvalue weighted by Crippen LogP contribution is -1.61. The van der Waals surface area contributed by atoms with Crippen LogP contribution in [0.1, 0.15) is 0 Å². The lowest BCUT2D eigenvalue weighted by atomic mass is 10.4. The number of hydrogen-bond acceptors (Lipinski definition) is 0. The van der Waals surface area contributed by atoms with E-state index < -0.39 is 0 Å². The third-order valence-corrected chi connectivity index (χ3v) is 1.26. The molecule has 0 aliphatic carbocycles. The van der Waals surface area contributed by atoms with E-state index >= 15 is 0 Å². The van der Waals surface area contributed by atoms with E-state index in [9.17, 15) is 0 Å². The van der Waals surface area contributed by atoms with Gasteiger partial charge in [0.05, 0.1) is 0 Å². The second-order valence-electron chi connectivity index (χ2n) is 1.44. The maximum atomic E-state index is 5.56. The summed E-state index contributed by atoms with van der Waals surface area (Å²) in [6.07, 6.45) is 0. The maximum absolute atomic E-state index is 5.56. The molecule has 0 saturated carbocycles. The van der Waals surface area contributed by atoms with Gasteiger partial charge in [0, 0.05) is 10.0 Å². The van der Waals surface area contributed by atoms with E-state index in [1.807, 2.05) is 6.07 Å². The molecule has 0 nitrogen and oxygen atoms in total. The lowest BCUT2D eigenvalue weighted by molar-refractivity contribution is 1.11. The van der Waals surface area contributed by atoms with Crippen LogP contribution in [-0.4, -0.2) is 0 Å². The van der Waals surface area contributed by atoms with Gasteiger partial charge in [-0.15, -0.1) is 0 Å². The van der Waals surface area contributed by atoms with Crippen molar-refractivity contribution in [1.29, 1.82) is 0 Å². The summed E-state index contributed by atoms with van der Waals surface area (Å²) in [5.74, 6) is 0. The summed E-state index contributed by atoms with van der Waals surface area (Å²) in [7, 11) is 0. The molecule has 0 radical (unpaired) electrons. The van der Waals surface area contributed by atoms with E-state index in [0.717, 1.165) is 0 Å². The lowest BCUT2D eigenvalue weighted by Gasteiger charge is -1.86. The van der Waals surface area contributed by atoms with Crippen LogP contribution in [0.3, 0.4) is 0 Å². The van der Waals surface area contributed by atoms with Crippen molar-refractivity contribution in [3.63, 3.8) is 0 Å². The standard InChI is InChI=1S/C6H4Cl2.FH/c7-5-2-1-3-6(8)4-5;/h1-4H;1H. The van der Waals surface area contributed by atoms with Gasteiger partial charge in [-0.1, -0.05) is 29.3 Å². The predicted octanol–water partition coefficient (Wildman–Crippen LogP) is 3.15. The van der Waals surface area contributed by atoms with Crippen LogP contribution >= 0.6 is 23.2 Å². The highest BCUT2D eigenvalue weighted by Gasteiger charge is 1.84. The number of hydrogen-bond donors (Lipinski definition) is 0. The van der Waals surface area contributed by atoms with Crippen LogP contribution < -0.4 is 0 Å². The van der Waals surface area contributed by atoms with Crippen LogP contribution in [0.5, 0.6) is 0 Å². The molecule has 0 unspecified atom stereocenters. The minimum atomic E-state index is 0. The van der Waals surface area contributed by atoms with Gasteiger partial charge in [0.15, 0.2) is 0 Å². The molecule has 0 fully saturated rings. The third-order valence-electron chi connectivity index (χ3n) is 0.787. The molecule has 3 heteroatoms. The van der Waals surface area contributed by atoms with E-state index in [1.165, 1.54) is 0 Å². The molecule has 0 aliphatic rings. The van der Waals surface area contributed by atoms with Crippen molar-refractivity contribution in [2.24, 2.45) is 0 Å². The normalized spacial score (nSPS) is 8.22. The minimum Gasteiger partial charge on any atom is -0.269 e. The summed E-state index contributed by atoms with van der Waals surface area (Å²) in [6, 6.07) is 7.08. The first-order valence-corrected chi connectivity index (χ1v) is 2.96. The van der Waals surface area contributed by atoms with Crippen LogP contribution in [0, 0.1) is 0 Å². The molecule has 0 heterocycles. The summed E-state index contributed by atoms with van der Waals surface area (Å²) >= 11 is 11.1. The Kier molecular flexibility index (Phi) is 3.59. The predicted molar refractivity (Wildman–Crippen MR) is 39.0 cm³/mol. The smallest absolute Gasteiger partial charge is 0.0420 e. The number of halogens is 3. The molecule has 0 bridgehead atoms. The average molecular weight is 167 g/mol. The van der Waals surface area contributed by atoms with Gasteiger partial charge >= 0.3 is 0 Å². The van der Waals surface area contributed by atoms with E-state index in [0.29, 0.717) is 10.0 Å². The van der Waals surface area contributed by atoms with Crippen LogP contribution in [0.2, 0.25) is 10.0 Å². The molecule has 0 atom stereocenters. The fourth-order valence-electron chi connectivity index (χ4n) is 0.460. The number of benzene rings is 1. The molecule has 0 aromatic heterocycles. The molecular weight excluding hydrogens is 162 g/mol. The fraction of sp³-hybridized carbons (Fsp3) is 0. The van der Waals surface area contributed by atoms with Crippen molar-refractivity contribution >= 4 is 23.2 Å². The first kappa shape index (κ1) is 8.73. The van der Waals surface area contributed by atoms with Gasteiger partial charge in [0.1, 0.15) is 0 Å². The largest absolute Gasteiger partial charge is 0.269 e. The van der Waals surface area contributed by atoms with Gasteiger partial charge in [-0.25, -0.2) is 0 Å². The summed E-state index contributed by atoms with van der Waals surface area (Å²) in [5.41, 5.74) is 0. The van der Waals surface area contributed by atoms with Crippen molar-refractivity contribution in [2.45, 2.75) is 0 Å². The highest BCUT2D eigenvalue weighted by Crippen LogP contribution is 2.13. The molecule has 0 aliphatic heterocycles. The minimum absolute atomic E-state index is 0. The Labute approximate surface area is 62.8 Å². The zero-order chi connectivity index (χ0) is 5.98. The van der Waals surface area contributed by atoms with Gasteiger partial charge in [-0.3, -0.25) is 4.70 Å². The Hall–Kier alpha value is -0.270. The first-order chi connectivity index (χ1) is 3.79. The zero-order valence-corrected chi connectivity index (χ0v) is 5.99. The second-order valence-corrected chi connectivity index (χ2v) is 2.31. The molecular formula is C6H5Cl2F. The second kappa shape index (κ2) is 3.70. The Morgan fingerprint density at radius 2 is 1.44 bits per heavy atom. The van der Waals surface area contributed by atoms with Gasteiger partial charge in [0.25, 0.3) is 0 Å². The Morgan fingerprint density at radius 3 is 1.67 bits per heavy atom. The summed E-state index contributed by atoms with van der Waals surface area (Å²) < 4.78 is 0. The van der Waals surface area contributed by atoms with Gasteiger partial charge in [0.2, 0.25) is 0 Å². The van der Waals surface area contributed by atoms with Crippen molar-refractivity contribution in [1.82, 2.24) is 0 Å². The van der Waals surface area contributed by atoms with Crippen LogP contribution in [0.25, 0.3) is 0 Å². The Morgan fingerprint density at radius 1 is 1.00 bits per heavy atom. The van der Waals surface area contributed by atoms with Gasteiger partial charge in [-0.2, -0.15) is 0 Å². The molecule has 0 saturated heterocycles.